The van der Waals surface area contributed by atoms with Crippen molar-refractivity contribution in [3.8, 4) is 0 Å². The minimum absolute atomic E-state index is 0.121. The van der Waals surface area contributed by atoms with E-state index in [0.717, 1.165) is 5.56 Å². The molecule has 1 atom stereocenters. The van der Waals surface area contributed by atoms with Crippen LogP contribution in [0.2, 0.25) is 5.02 Å². The summed E-state index contributed by atoms with van der Waals surface area (Å²) in [6, 6.07) is 15.6. The van der Waals surface area contributed by atoms with E-state index in [9.17, 15) is 24.0 Å². The number of aromatic amines is 2. The third kappa shape index (κ3) is 8.99. The van der Waals surface area contributed by atoms with Crippen molar-refractivity contribution in [2.75, 3.05) is 6.54 Å². The van der Waals surface area contributed by atoms with Crippen LogP contribution in [0.4, 0.5) is 4.79 Å². The van der Waals surface area contributed by atoms with Crippen LogP contribution in [0.25, 0.3) is 21.8 Å². The van der Waals surface area contributed by atoms with E-state index >= 15 is 0 Å². The maximum Gasteiger partial charge on any atom is 0.408 e. The highest BCUT2D eigenvalue weighted by Crippen LogP contribution is 2.20. The number of amides is 2. The van der Waals surface area contributed by atoms with Crippen molar-refractivity contribution in [1.82, 2.24) is 30.6 Å². The van der Waals surface area contributed by atoms with E-state index in [1.165, 1.54) is 30.9 Å². The number of nitrogens with zero attached hydrogens (tertiary/aromatic N) is 2. The molecule has 1 unspecified atom stereocenters. The van der Waals surface area contributed by atoms with E-state index in [0.29, 0.717) is 45.4 Å². The Hall–Kier alpha value is -5.56. The molecule has 2 heterocycles. The molecule has 13 nitrogen and oxygen atoms in total. The van der Waals surface area contributed by atoms with Gasteiger partial charge in [0.1, 0.15) is 5.60 Å². The van der Waals surface area contributed by atoms with Gasteiger partial charge in [0.15, 0.2) is 0 Å². The minimum atomic E-state index is -1.03. The zero-order chi connectivity index (χ0) is 33.4. The van der Waals surface area contributed by atoms with Gasteiger partial charge >= 0.3 is 12.1 Å². The highest BCUT2D eigenvalue weighted by atomic mass is 35.5. The number of halogens is 1. The summed E-state index contributed by atoms with van der Waals surface area (Å²) in [5, 5.41) is 15.8. The number of carbonyl (C=O) groups is 3. The van der Waals surface area contributed by atoms with E-state index in [1.807, 2.05) is 12.1 Å². The fraction of sp³-hybridized carbons (Fsp3) is 0.219. The summed E-state index contributed by atoms with van der Waals surface area (Å²) in [5.41, 5.74) is 1.00. The van der Waals surface area contributed by atoms with E-state index in [-0.39, 0.29) is 28.6 Å². The molecule has 238 valence electrons. The van der Waals surface area contributed by atoms with Gasteiger partial charge < -0.3 is 30.4 Å². The monoisotopic (exact) mass is 646 g/mol. The largest absolute Gasteiger partial charge is 0.478 e. The summed E-state index contributed by atoms with van der Waals surface area (Å²) in [7, 11) is 0. The van der Waals surface area contributed by atoms with Crippen LogP contribution in [0.15, 0.2) is 82.9 Å². The summed E-state index contributed by atoms with van der Waals surface area (Å²) in [6.07, 6.45) is 2.43. The summed E-state index contributed by atoms with van der Waals surface area (Å²) in [4.78, 5) is 71.4. The SMILES string of the molecule is CC(C)(C)OC(=O)NC(CCNC(=O)c1ccc2c(=O)[nH]cnc2c1)c1ccc(Cl)cc1.O=C(O)c1ccc2c(=O)[nH]cnc2c1. The quantitative estimate of drug-likeness (QED) is 0.168. The Bertz CT molecular complexity index is 2000. The van der Waals surface area contributed by atoms with E-state index in [2.05, 4.69) is 30.6 Å². The zero-order valence-electron chi connectivity index (χ0n) is 25.1. The number of hydrogen-bond acceptors (Lipinski definition) is 8. The third-order valence-corrected chi connectivity index (χ3v) is 6.73. The van der Waals surface area contributed by atoms with Gasteiger partial charge in [-0.25, -0.2) is 19.6 Å². The van der Waals surface area contributed by atoms with Crippen LogP contribution in [-0.2, 0) is 4.74 Å². The van der Waals surface area contributed by atoms with Crippen molar-refractivity contribution in [2.45, 2.75) is 38.8 Å². The van der Waals surface area contributed by atoms with Gasteiger partial charge in [0.2, 0.25) is 0 Å². The number of hydrogen-bond donors (Lipinski definition) is 5. The second-order valence-corrected chi connectivity index (χ2v) is 11.5. The fourth-order valence-corrected chi connectivity index (χ4v) is 4.44. The molecule has 0 saturated carbocycles. The number of carbonyl (C=O) groups excluding carboxylic acids is 2. The lowest BCUT2D eigenvalue weighted by Gasteiger charge is -2.24. The highest BCUT2D eigenvalue weighted by molar-refractivity contribution is 6.30. The lowest BCUT2D eigenvalue weighted by Crippen LogP contribution is -2.36. The normalized spacial score (nSPS) is 11.7. The number of benzene rings is 3. The van der Waals surface area contributed by atoms with Crippen molar-refractivity contribution in [1.29, 1.82) is 0 Å². The Morgan fingerprint density at radius 1 is 0.870 bits per heavy atom. The van der Waals surface area contributed by atoms with Crippen molar-refractivity contribution in [3.63, 3.8) is 0 Å². The smallest absolute Gasteiger partial charge is 0.408 e. The third-order valence-electron chi connectivity index (χ3n) is 6.47. The number of aromatic nitrogens is 4. The van der Waals surface area contributed by atoms with Crippen molar-refractivity contribution in [3.05, 3.63) is 116 Å². The molecule has 3 aromatic carbocycles. The predicted molar refractivity (Wildman–Crippen MR) is 172 cm³/mol. The molecule has 0 aliphatic carbocycles. The molecule has 46 heavy (non-hydrogen) atoms. The lowest BCUT2D eigenvalue weighted by atomic mass is 10.0. The van der Waals surface area contributed by atoms with Gasteiger partial charge in [-0.15, -0.1) is 0 Å². The number of fused-ring (bicyclic) bond motifs is 2. The molecule has 5 rings (SSSR count). The second-order valence-electron chi connectivity index (χ2n) is 11.0. The second kappa shape index (κ2) is 14.5. The first kappa shape index (κ1) is 33.3. The fourth-order valence-electron chi connectivity index (χ4n) is 4.31. The molecule has 5 aromatic rings. The number of carboxylic acid groups (broad SMARTS) is 1. The van der Waals surface area contributed by atoms with Gasteiger partial charge in [-0.05, 0) is 81.3 Å². The van der Waals surface area contributed by atoms with Gasteiger partial charge in [-0.2, -0.15) is 0 Å². The molecule has 0 spiro atoms. The molecule has 0 radical (unpaired) electrons. The molecule has 0 aliphatic heterocycles. The molecule has 2 aromatic heterocycles. The number of rotatable bonds is 7. The maximum atomic E-state index is 12.6. The zero-order valence-corrected chi connectivity index (χ0v) is 25.8. The first-order chi connectivity index (χ1) is 21.8. The molecule has 0 saturated heterocycles. The van der Waals surface area contributed by atoms with Crippen molar-refractivity contribution in [2.24, 2.45) is 0 Å². The molecular formula is C32H31ClN6O7. The van der Waals surface area contributed by atoms with Crippen LogP contribution in [0.5, 0.6) is 0 Å². The van der Waals surface area contributed by atoms with Crippen LogP contribution < -0.4 is 21.8 Å². The number of aromatic carboxylic acids is 1. The molecular weight excluding hydrogens is 616 g/mol. The molecule has 5 N–H and O–H groups in total. The Balaban J connectivity index is 0.000000284. The van der Waals surface area contributed by atoms with Gasteiger partial charge in [0, 0.05) is 17.1 Å². The molecule has 0 fully saturated rings. The van der Waals surface area contributed by atoms with E-state index < -0.39 is 17.7 Å². The Labute approximate surface area is 267 Å². The van der Waals surface area contributed by atoms with Crippen LogP contribution in [0.3, 0.4) is 0 Å². The Morgan fingerprint density at radius 3 is 1.96 bits per heavy atom. The highest BCUT2D eigenvalue weighted by Gasteiger charge is 2.21. The van der Waals surface area contributed by atoms with Gasteiger partial charge in [0.05, 0.1) is 46.1 Å². The summed E-state index contributed by atoms with van der Waals surface area (Å²) < 4.78 is 5.36. The molecule has 0 aliphatic rings. The molecule has 14 heteroatoms. The minimum Gasteiger partial charge on any atom is -0.478 e. The Morgan fingerprint density at radius 2 is 1.41 bits per heavy atom. The van der Waals surface area contributed by atoms with Crippen molar-refractivity contribution < 1.29 is 24.2 Å². The average molecular weight is 647 g/mol. The number of alkyl carbamates (subject to hydrolysis) is 1. The van der Waals surface area contributed by atoms with Crippen LogP contribution in [-0.4, -0.2) is 55.2 Å². The van der Waals surface area contributed by atoms with E-state index in [4.69, 9.17) is 21.4 Å². The first-order valence-electron chi connectivity index (χ1n) is 14.0. The average Bonchev–Trinajstić information content (AvgIpc) is 3.00. The van der Waals surface area contributed by atoms with Crippen LogP contribution >= 0.6 is 11.6 Å². The molecule has 0 bridgehead atoms. The maximum absolute atomic E-state index is 12.6. The van der Waals surface area contributed by atoms with Crippen molar-refractivity contribution >= 4 is 51.4 Å². The van der Waals surface area contributed by atoms with Gasteiger partial charge in [-0.1, -0.05) is 23.7 Å². The number of H-pyrrole nitrogens is 2. The van der Waals surface area contributed by atoms with E-state index in [1.54, 1.807) is 51.1 Å². The summed E-state index contributed by atoms with van der Waals surface area (Å²) in [5.74, 6) is -1.34. The topological polar surface area (TPSA) is 196 Å². The number of carboxylic acids is 1. The predicted octanol–water partition coefficient (Wildman–Crippen LogP) is 4.58. The van der Waals surface area contributed by atoms with Gasteiger partial charge in [-0.3, -0.25) is 14.4 Å². The standard InChI is InChI=1S/C23H25ClN4O4.C9H6N2O3/c1-23(2,3)32-22(31)28-18(14-4-7-16(24)8-5-14)10-11-25-20(29)15-6-9-17-19(12-15)26-13-27-21(17)30;12-8-6-2-1-5(9(13)14)3-7(6)10-4-11-8/h4-9,12-13,18H,10-11H2,1-3H3,(H,25,29)(H,28,31)(H,26,27,30);1-4H,(H,13,14)(H,10,11,12). The first-order valence-corrected chi connectivity index (χ1v) is 14.4. The lowest BCUT2D eigenvalue weighted by molar-refractivity contribution is 0.0500. The summed E-state index contributed by atoms with van der Waals surface area (Å²) >= 11 is 5.98. The Kier molecular flexibility index (Phi) is 10.5. The van der Waals surface area contributed by atoms with Crippen LogP contribution in [0, 0.1) is 0 Å². The summed E-state index contributed by atoms with van der Waals surface area (Å²) in [6.45, 7) is 5.66. The number of nitrogens with one attached hydrogen (secondary N) is 4. The molecule has 2 amide bonds. The van der Waals surface area contributed by atoms with Gasteiger partial charge in [0.25, 0.3) is 17.0 Å². The number of ether oxygens (including phenoxy) is 1. The van der Waals surface area contributed by atoms with Crippen LogP contribution in [0.1, 0.15) is 59.5 Å².